The lowest BCUT2D eigenvalue weighted by molar-refractivity contribution is -0.131. The van der Waals surface area contributed by atoms with Gasteiger partial charge >= 0.3 is 5.97 Å². The molecule has 0 spiro atoms. The maximum absolute atomic E-state index is 10.5. The molecule has 1 aromatic rings. The summed E-state index contributed by atoms with van der Waals surface area (Å²) in [5, 5.41) is 8.63. The highest BCUT2D eigenvalue weighted by Gasteiger charge is 2.27. The number of rotatable bonds is 9. The van der Waals surface area contributed by atoms with Gasteiger partial charge in [-0.2, -0.15) is 0 Å². The summed E-state index contributed by atoms with van der Waals surface area (Å²) in [6, 6.07) is 8.26. The average Bonchev–Trinajstić information content (AvgIpc) is 3.29. The smallest absolute Gasteiger partial charge is 0.328 e. The molecule has 4 heteroatoms. The van der Waals surface area contributed by atoms with Crippen LogP contribution in [0.1, 0.15) is 31.7 Å². The summed E-state index contributed by atoms with van der Waals surface area (Å²) in [5.41, 5.74) is 0.836. The van der Waals surface area contributed by atoms with Gasteiger partial charge in [0.05, 0.1) is 0 Å². The van der Waals surface area contributed by atoms with Crippen LogP contribution in [0.15, 0.2) is 30.3 Å². The van der Waals surface area contributed by atoms with Crippen LogP contribution in [0.3, 0.4) is 0 Å². The molecule has 0 aliphatic heterocycles. The fourth-order valence-corrected chi connectivity index (χ4v) is 2.36. The van der Waals surface area contributed by atoms with Gasteiger partial charge in [-0.1, -0.05) is 19.1 Å². The minimum Gasteiger partial charge on any atom is -0.492 e. The number of nitrogens with zero attached hydrogens (tertiary/aromatic N) is 1. The Bertz CT molecular complexity index is 495. The number of ether oxygens (including phenoxy) is 1. The van der Waals surface area contributed by atoms with Gasteiger partial charge in [0.25, 0.3) is 0 Å². The van der Waals surface area contributed by atoms with Crippen LogP contribution >= 0.6 is 0 Å². The molecule has 0 atom stereocenters. The van der Waals surface area contributed by atoms with Crippen molar-refractivity contribution in [3.63, 3.8) is 0 Å². The Morgan fingerprint density at radius 2 is 2.24 bits per heavy atom. The van der Waals surface area contributed by atoms with Gasteiger partial charge in [-0.3, -0.25) is 4.90 Å². The number of carboxylic acids is 1. The number of carboxylic acid groups (broad SMARTS) is 1. The number of aliphatic carboxylic acids is 1. The van der Waals surface area contributed by atoms with E-state index in [0.29, 0.717) is 6.61 Å². The van der Waals surface area contributed by atoms with Gasteiger partial charge < -0.3 is 9.84 Å². The van der Waals surface area contributed by atoms with E-state index < -0.39 is 5.97 Å². The van der Waals surface area contributed by atoms with Crippen LogP contribution in [-0.2, 0) is 4.79 Å². The molecule has 0 aromatic heterocycles. The number of carbonyl (C=O) groups is 1. The normalized spacial score (nSPS) is 14.8. The van der Waals surface area contributed by atoms with E-state index in [0.717, 1.165) is 36.5 Å². The van der Waals surface area contributed by atoms with Gasteiger partial charge in [0.1, 0.15) is 12.4 Å². The largest absolute Gasteiger partial charge is 0.492 e. The Kier molecular flexibility index (Phi) is 5.81. The Balaban J connectivity index is 1.82. The quantitative estimate of drug-likeness (QED) is 0.710. The van der Waals surface area contributed by atoms with Crippen molar-refractivity contribution >= 4 is 12.0 Å². The third-order valence-electron chi connectivity index (χ3n) is 3.50. The van der Waals surface area contributed by atoms with Crippen LogP contribution in [0.2, 0.25) is 0 Å². The molecule has 1 aliphatic rings. The Labute approximate surface area is 126 Å². The van der Waals surface area contributed by atoms with Crippen LogP contribution in [-0.4, -0.2) is 41.7 Å². The van der Waals surface area contributed by atoms with Crippen molar-refractivity contribution < 1.29 is 14.6 Å². The summed E-state index contributed by atoms with van der Waals surface area (Å²) in [7, 11) is 0. The van der Waals surface area contributed by atoms with Gasteiger partial charge in [-0.05, 0) is 49.6 Å². The summed E-state index contributed by atoms with van der Waals surface area (Å²) in [4.78, 5) is 13.0. The molecule has 114 valence electrons. The molecule has 1 aliphatic carbocycles. The second-order valence-electron chi connectivity index (χ2n) is 5.36. The topological polar surface area (TPSA) is 49.8 Å². The molecule has 2 rings (SSSR count). The molecule has 1 aromatic carbocycles. The molecule has 1 N–H and O–H groups in total. The highest BCUT2D eigenvalue weighted by molar-refractivity contribution is 5.85. The van der Waals surface area contributed by atoms with Crippen molar-refractivity contribution in [3.05, 3.63) is 35.9 Å². The molecule has 4 nitrogen and oxygen atoms in total. The molecule has 0 saturated heterocycles. The molecule has 1 saturated carbocycles. The SMILES string of the molecule is CCCN(CCOc1cccc(C=CC(=O)O)c1)C1CC1. The average molecular weight is 289 g/mol. The van der Waals surface area contributed by atoms with Gasteiger partial charge in [0.15, 0.2) is 0 Å². The molecule has 0 bridgehead atoms. The van der Waals surface area contributed by atoms with Gasteiger partial charge in [0, 0.05) is 18.7 Å². The fourth-order valence-electron chi connectivity index (χ4n) is 2.36. The van der Waals surface area contributed by atoms with E-state index in [-0.39, 0.29) is 0 Å². The predicted octanol–water partition coefficient (Wildman–Crippen LogP) is 3.04. The molecule has 0 unspecified atom stereocenters. The Morgan fingerprint density at radius 3 is 2.90 bits per heavy atom. The summed E-state index contributed by atoms with van der Waals surface area (Å²) in [6.07, 6.45) is 6.51. The lowest BCUT2D eigenvalue weighted by atomic mass is 10.2. The zero-order valence-electron chi connectivity index (χ0n) is 12.5. The first-order valence-electron chi connectivity index (χ1n) is 7.57. The Hall–Kier alpha value is -1.81. The van der Waals surface area contributed by atoms with Crippen molar-refractivity contribution in [1.29, 1.82) is 0 Å². The maximum atomic E-state index is 10.5. The van der Waals surface area contributed by atoms with Gasteiger partial charge in [-0.15, -0.1) is 0 Å². The van der Waals surface area contributed by atoms with Crippen LogP contribution in [0.5, 0.6) is 5.75 Å². The van der Waals surface area contributed by atoms with E-state index in [1.165, 1.54) is 19.3 Å². The van der Waals surface area contributed by atoms with E-state index >= 15 is 0 Å². The minimum atomic E-state index is -0.944. The van der Waals surface area contributed by atoms with E-state index in [4.69, 9.17) is 9.84 Å². The molecule has 21 heavy (non-hydrogen) atoms. The van der Waals surface area contributed by atoms with Crippen molar-refractivity contribution in [2.75, 3.05) is 19.7 Å². The monoisotopic (exact) mass is 289 g/mol. The third-order valence-corrected chi connectivity index (χ3v) is 3.50. The number of benzene rings is 1. The van der Waals surface area contributed by atoms with Crippen molar-refractivity contribution in [1.82, 2.24) is 4.90 Å². The van der Waals surface area contributed by atoms with Crippen LogP contribution < -0.4 is 4.74 Å². The number of hydrogen-bond donors (Lipinski definition) is 1. The molecular weight excluding hydrogens is 266 g/mol. The molecular formula is C17H23NO3. The molecule has 0 heterocycles. The first-order valence-corrected chi connectivity index (χ1v) is 7.57. The maximum Gasteiger partial charge on any atom is 0.328 e. The summed E-state index contributed by atoms with van der Waals surface area (Å²) >= 11 is 0. The van der Waals surface area contributed by atoms with Crippen LogP contribution in [0, 0.1) is 0 Å². The second kappa shape index (κ2) is 7.84. The highest BCUT2D eigenvalue weighted by Crippen LogP contribution is 2.26. The predicted molar refractivity (Wildman–Crippen MR) is 83.5 cm³/mol. The van der Waals surface area contributed by atoms with Gasteiger partial charge in [0.2, 0.25) is 0 Å². The zero-order valence-corrected chi connectivity index (χ0v) is 12.5. The highest BCUT2D eigenvalue weighted by atomic mass is 16.5. The summed E-state index contributed by atoms with van der Waals surface area (Å²) in [5.74, 6) is -0.157. The first kappa shape index (κ1) is 15.6. The standard InChI is InChI=1S/C17H23NO3/c1-2-10-18(15-7-8-15)11-12-21-16-5-3-4-14(13-16)6-9-17(19)20/h3-6,9,13,15H,2,7-8,10-12H2,1H3,(H,19,20). The third kappa shape index (κ3) is 5.60. The number of hydrogen-bond acceptors (Lipinski definition) is 3. The van der Waals surface area contributed by atoms with Crippen molar-refractivity contribution in [3.8, 4) is 5.75 Å². The summed E-state index contributed by atoms with van der Waals surface area (Å²) < 4.78 is 5.79. The van der Waals surface area contributed by atoms with Gasteiger partial charge in [-0.25, -0.2) is 4.79 Å². The Morgan fingerprint density at radius 1 is 1.43 bits per heavy atom. The minimum absolute atomic E-state index is 0.669. The zero-order chi connectivity index (χ0) is 15.1. The van der Waals surface area contributed by atoms with E-state index in [2.05, 4.69) is 11.8 Å². The lowest BCUT2D eigenvalue weighted by Gasteiger charge is -2.21. The fraction of sp³-hybridized carbons (Fsp3) is 0.471. The summed E-state index contributed by atoms with van der Waals surface area (Å²) in [6.45, 7) is 4.96. The first-order chi connectivity index (χ1) is 10.2. The second-order valence-corrected chi connectivity index (χ2v) is 5.36. The molecule has 0 radical (unpaired) electrons. The molecule has 1 fully saturated rings. The van der Waals surface area contributed by atoms with E-state index in [9.17, 15) is 4.79 Å². The molecule has 0 amide bonds. The van der Waals surface area contributed by atoms with E-state index in [1.54, 1.807) is 6.08 Å². The van der Waals surface area contributed by atoms with Crippen LogP contribution in [0.4, 0.5) is 0 Å². The van der Waals surface area contributed by atoms with Crippen molar-refractivity contribution in [2.45, 2.75) is 32.2 Å². The lowest BCUT2D eigenvalue weighted by Crippen LogP contribution is -2.31. The van der Waals surface area contributed by atoms with Crippen LogP contribution in [0.25, 0.3) is 6.08 Å². The van der Waals surface area contributed by atoms with Crippen molar-refractivity contribution in [2.24, 2.45) is 0 Å². The van der Waals surface area contributed by atoms with E-state index in [1.807, 2.05) is 24.3 Å².